The van der Waals surface area contributed by atoms with Crippen LogP contribution in [0.3, 0.4) is 0 Å². The van der Waals surface area contributed by atoms with Crippen LogP contribution in [0, 0.1) is 11.3 Å². The van der Waals surface area contributed by atoms with Crippen LogP contribution in [-0.2, 0) is 11.4 Å². The summed E-state index contributed by atoms with van der Waals surface area (Å²) in [6.45, 7) is 2.63. The van der Waals surface area contributed by atoms with Crippen molar-refractivity contribution in [3.8, 4) is 6.07 Å². The topological polar surface area (TPSA) is 45.4 Å². The molecule has 0 amide bonds. The number of nitrogens with zero attached hydrogens (tertiary/aromatic N) is 2. The van der Waals surface area contributed by atoms with Gasteiger partial charge in [0.2, 0.25) is 0 Å². The van der Waals surface area contributed by atoms with Crippen molar-refractivity contribution < 1.29 is 4.84 Å². The van der Waals surface area contributed by atoms with E-state index in [1.165, 1.54) is 0 Å². The van der Waals surface area contributed by atoms with E-state index >= 15 is 0 Å². The van der Waals surface area contributed by atoms with Crippen molar-refractivity contribution in [3.05, 3.63) is 35.9 Å². The highest BCUT2D eigenvalue weighted by atomic mass is 16.6. The molecule has 0 aromatic heterocycles. The standard InChI is InChI=1S/C15H20N2O/c1-2-3-10-15(11-7-12-16)17-18-13-14-8-5-4-6-9-14/h4-6,8-9H,2-3,7,10-11,13H2,1H3/b17-15+. The number of benzene rings is 1. The summed E-state index contributed by atoms with van der Waals surface area (Å²) in [6, 6.07) is 12.1. The van der Waals surface area contributed by atoms with E-state index in [0.717, 1.165) is 30.5 Å². The van der Waals surface area contributed by atoms with Crippen LogP contribution in [0.5, 0.6) is 0 Å². The molecule has 1 rings (SSSR count). The van der Waals surface area contributed by atoms with Crippen molar-refractivity contribution in [1.29, 1.82) is 5.26 Å². The second-order valence-corrected chi connectivity index (χ2v) is 4.18. The van der Waals surface area contributed by atoms with Crippen LogP contribution in [0.2, 0.25) is 0 Å². The van der Waals surface area contributed by atoms with Crippen LogP contribution in [-0.4, -0.2) is 5.71 Å². The number of hydrogen-bond acceptors (Lipinski definition) is 3. The Kier molecular flexibility index (Phi) is 7.31. The smallest absolute Gasteiger partial charge is 0.142 e. The Morgan fingerprint density at radius 1 is 1.28 bits per heavy atom. The van der Waals surface area contributed by atoms with E-state index in [9.17, 15) is 0 Å². The molecule has 1 aromatic carbocycles. The van der Waals surface area contributed by atoms with Gasteiger partial charge < -0.3 is 4.84 Å². The van der Waals surface area contributed by atoms with Gasteiger partial charge in [-0.05, 0) is 18.4 Å². The SMILES string of the molecule is CCCC/C(CCC#N)=N\OCc1ccccc1. The van der Waals surface area contributed by atoms with Crippen molar-refractivity contribution in [3.63, 3.8) is 0 Å². The highest BCUT2D eigenvalue weighted by Crippen LogP contribution is 2.06. The normalized spacial score (nSPS) is 11.0. The lowest BCUT2D eigenvalue weighted by Gasteiger charge is -2.04. The summed E-state index contributed by atoms with van der Waals surface area (Å²) >= 11 is 0. The molecule has 0 fully saturated rings. The second kappa shape index (κ2) is 9.23. The Balaban J connectivity index is 2.41. The van der Waals surface area contributed by atoms with Gasteiger partial charge in [0.25, 0.3) is 0 Å². The Hall–Kier alpha value is -1.82. The van der Waals surface area contributed by atoms with Gasteiger partial charge in [-0.15, -0.1) is 0 Å². The molecule has 3 heteroatoms. The lowest BCUT2D eigenvalue weighted by Crippen LogP contribution is -2.00. The molecule has 0 heterocycles. The van der Waals surface area contributed by atoms with Gasteiger partial charge in [-0.2, -0.15) is 5.26 Å². The Morgan fingerprint density at radius 2 is 2.06 bits per heavy atom. The molecule has 0 aliphatic carbocycles. The lowest BCUT2D eigenvalue weighted by atomic mass is 10.1. The molecule has 0 atom stereocenters. The molecule has 0 N–H and O–H groups in total. The van der Waals surface area contributed by atoms with Crippen LogP contribution in [0.25, 0.3) is 0 Å². The van der Waals surface area contributed by atoms with E-state index in [4.69, 9.17) is 10.1 Å². The Labute approximate surface area is 109 Å². The third-order valence-electron chi connectivity index (χ3n) is 2.61. The summed E-state index contributed by atoms with van der Waals surface area (Å²) in [5, 5.41) is 12.8. The maximum atomic E-state index is 8.60. The van der Waals surface area contributed by atoms with Crippen LogP contribution in [0.1, 0.15) is 44.6 Å². The van der Waals surface area contributed by atoms with Gasteiger partial charge in [0.15, 0.2) is 0 Å². The molecule has 0 radical (unpaired) electrons. The maximum Gasteiger partial charge on any atom is 0.142 e. The summed E-state index contributed by atoms with van der Waals surface area (Å²) in [5.41, 5.74) is 2.10. The first-order chi connectivity index (χ1) is 8.86. The van der Waals surface area contributed by atoms with Crippen LogP contribution in [0.15, 0.2) is 35.5 Å². The summed E-state index contributed by atoms with van der Waals surface area (Å²) in [5.74, 6) is 0. The molecular formula is C15H20N2O. The van der Waals surface area contributed by atoms with Gasteiger partial charge in [0.1, 0.15) is 6.61 Å². The predicted octanol–water partition coefficient (Wildman–Crippen LogP) is 4.05. The summed E-state index contributed by atoms with van der Waals surface area (Å²) in [7, 11) is 0. The van der Waals surface area contributed by atoms with E-state index in [0.29, 0.717) is 19.4 Å². The van der Waals surface area contributed by atoms with Gasteiger partial charge in [0.05, 0.1) is 11.8 Å². The van der Waals surface area contributed by atoms with E-state index in [1.54, 1.807) is 0 Å². The number of nitriles is 1. The second-order valence-electron chi connectivity index (χ2n) is 4.18. The fraction of sp³-hybridized carbons (Fsp3) is 0.467. The average molecular weight is 244 g/mol. The molecule has 0 bridgehead atoms. The lowest BCUT2D eigenvalue weighted by molar-refractivity contribution is 0.129. The molecule has 18 heavy (non-hydrogen) atoms. The van der Waals surface area contributed by atoms with E-state index < -0.39 is 0 Å². The quantitative estimate of drug-likeness (QED) is 0.511. The first kappa shape index (κ1) is 14.2. The Morgan fingerprint density at radius 3 is 2.72 bits per heavy atom. The van der Waals surface area contributed by atoms with E-state index in [2.05, 4.69) is 18.1 Å². The van der Waals surface area contributed by atoms with Gasteiger partial charge >= 0.3 is 0 Å². The number of hydrogen-bond donors (Lipinski definition) is 0. The van der Waals surface area contributed by atoms with Crippen LogP contribution < -0.4 is 0 Å². The van der Waals surface area contributed by atoms with Crippen molar-refractivity contribution in [1.82, 2.24) is 0 Å². The average Bonchev–Trinajstić information content (AvgIpc) is 2.42. The molecule has 0 saturated carbocycles. The minimum Gasteiger partial charge on any atom is -0.391 e. The van der Waals surface area contributed by atoms with E-state index in [-0.39, 0.29) is 0 Å². The first-order valence-corrected chi connectivity index (χ1v) is 6.45. The maximum absolute atomic E-state index is 8.60. The van der Waals surface area contributed by atoms with Crippen molar-refractivity contribution in [2.24, 2.45) is 5.16 Å². The predicted molar refractivity (Wildman–Crippen MR) is 73.0 cm³/mol. The van der Waals surface area contributed by atoms with Gasteiger partial charge in [-0.3, -0.25) is 0 Å². The number of unbranched alkanes of at least 4 members (excludes halogenated alkanes) is 1. The molecule has 0 spiro atoms. The first-order valence-electron chi connectivity index (χ1n) is 6.45. The molecule has 0 aliphatic rings. The third kappa shape index (κ3) is 6.05. The molecule has 96 valence electrons. The van der Waals surface area contributed by atoms with Crippen LogP contribution >= 0.6 is 0 Å². The van der Waals surface area contributed by atoms with Gasteiger partial charge in [0, 0.05) is 12.8 Å². The molecular weight excluding hydrogens is 224 g/mol. The highest BCUT2D eigenvalue weighted by Gasteiger charge is 2.00. The zero-order chi connectivity index (χ0) is 13.1. The highest BCUT2D eigenvalue weighted by molar-refractivity contribution is 5.84. The zero-order valence-electron chi connectivity index (χ0n) is 10.9. The summed E-state index contributed by atoms with van der Waals surface area (Å²) < 4.78 is 0. The fourth-order valence-corrected chi connectivity index (χ4v) is 1.57. The molecule has 0 aliphatic heterocycles. The van der Waals surface area contributed by atoms with E-state index in [1.807, 2.05) is 30.3 Å². The summed E-state index contributed by atoms with van der Waals surface area (Å²) in [4.78, 5) is 5.35. The molecule has 0 unspecified atom stereocenters. The minimum absolute atomic E-state index is 0.489. The third-order valence-corrected chi connectivity index (χ3v) is 2.61. The van der Waals surface area contributed by atoms with Crippen molar-refractivity contribution in [2.75, 3.05) is 0 Å². The number of oxime groups is 1. The van der Waals surface area contributed by atoms with Crippen LogP contribution in [0.4, 0.5) is 0 Å². The van der Waals surface area contributed by atoms with Crippen molar-refractivity contribution >= 4 is 5.71 Å². The number of rotatable bonds is 8. The monoisotopic (exact) mass is 244 g/mol. The summed E-state index contributed by atoms with van der Waals surface area (Å²) in [6.07, 6.45) is 4.37. The Bertz CT molecular complexity index is 393. The molecule has 1 aromatic rings. The largest absolute Gasteiger partial charge is 0.391 e. The van der Waals surface area contributed by atoms with Gasteiger partial charge in [-0.1, -0.05) is 48.8 Å². The zero-order valence-corrected chi connectivity index (χ0v) is 10.9. The molecule has 0 saturated heterocycles. The fourth-order valence-electron chi connectivity index (χ4n) is 1.57. The minimum atomic E-state index is 0.489. The van der Waals surface area contributed by atoms with Crippen molar-refractivity contribution in [2.45, 2.75) is 45.6 Å². The van der Waals surface area contributed by atoms with Gasteiger partial charge in [-0.25, -0.2) is 0 Å². The molecule has 3 nitrogen and oxygen atoms in total.